The van der Waals surface area contributed by atoms with E-state index in [1.807, 2.05) is 13.9 Å². The maximum Gasteiger partial charge on any atom is 0.143 e. The molecule has 1 aromatic carbocycles. The van der Waals surface area contributed by atoms with Crippen LogP contribution in [-0.2, 0) is 12.8 Å². The van der Waals surface area contributed by atoms with Gasteiger partial charge in [-0.3, -0.25) is 0 Å². The van der Waals surface area contributed by atoms with Crippen LogP contribution in [-0.4, -0.2) is 7.85 Å². The zero-order valence-electron chi connectivity index (χ0n) is 6.65. The molecule has 0 nitrogen and oxygen atoms in total. The van der Waals surface area contributed by atoms with Crippen LogP contribution in [0.25, 0.3) is 0 Å². The standard InChI is InChI=1S/C9H10BF/c10-8-5-4-6-2-1-3-7(6)9(8)11/h4-5H,1-3,10H2. The van der Waals surface area contributed by atoms with Crippen molar-refractivity contribution in [1.29, 1.82) is 0 Å². The maximum absolute atomic E-state index is 13.3. The van der Waals surface area contributed by atoms with Crippen LogP contribution in [0.3, 0.4) is 0 Å². The Morgan fingerprint density at radius 1 is 1.27 bits per heavy atom. The van der Waals surface area contributed by atoms with Crippen LogP contribution in [0, 0.1) is 5.82 Å². The van der Waals surface area contributed by atoms with E-state index in [1.54, 1.807) is 0 Å². The third-order valence-corrected chi connectivity index (χ3v) is 2.41. The second kappa shape index (κ2) is 2.37. The minimum Gasteiger partial charge on any atom is -0.207 e. The number of aryl methyl sites for hydroxylation is 1. The number of rotatable bonds is 0. The third-order valence-electron chi connectivity index (χ3n) is 2.41. The van der Waals surface area contributed by atoms with Gasteiger partial charge >= 0.3 is 0 Å². The number of hydrogen-bond donors (Lipinski definition) is 0. The van der Waals surface area contributed by atoms with Crippen molar-refractivity contribution in [1.82, 2.24) is 0 Å². The van der Waals surface area contributed by atoms with E-state index in [0.717, 1.165) is 30.3 Å². The number of hydrogen-bond acceptors (Lipinski definition) is 0. The molecule has 0 amide bonds. The predicted molar refractivity (Wildman–Crippen MR) is 46.6 cm³/mol. The fraction of sp³-hybridized carbons (Fsp3) is 0.333. The van der Waals surface area contributed by atoms with E-state index in [2.05, 4.69) is 6.07 Å². The Morgan fingerprint density at radius 2 is 2.09 bits per heavy atom. The SMILES string of the molecule is Bc1ccc2c(c1F)CCC2. The van der Waals surface area contributed by atoms with Crippen molar-refractivity contribution >= 4 is 13.3 Å². The van der Waals surface area contributed by atoms with Crippen LogP contribution < -0.4 is 5.46 Å². The second-order valence-corrected chi connectivity index (χ2v) is 3.19. The molecule has 0 saturated heterocycles. The first-order valence-corrected chi connectivity index (χ1v) is 4.06. The summed E-state index contributed by atoms with van der Waals surface area (Å²) in [6, 6.07) is 3.93. The maximum atomic E-state index is 13.3. The van der Waals surface area contributed by atoms with Crippen LogP contribution in [0.1, 0.15) is 17.5 Å². The van der Waals surface area contributed by atoms with E-state index in [9.17, 15) is 4.39 Å². The van der Waals surface area contributed by atoms with E-state index >= 15 is 0 Å². The molecule has 0 heterocycles. The van der Waals surface area contributed by atoms with E-state index in [4.69, 9.17) is 0 Å². The number of fused-ring (bicyclic) bond motifs is 1. The Kier molecular flexibility index (Phi) is 1.48. The topological polar surface area (TPSA) is 0 Å². The van der Waals surface area contributed by atoms with Crippen LogP contribution in [0.4, 0.5) is 4.39 Å². The zero-order valence-corrected chi connectivity index (χ0v) is 6.65. The van der Waals surface area contributed by atoms with Gasteiger partial charge in [0.05, 0.1) is 0 Å². The average Bonchev–Trinajstić information content (AvgIpc) is 2.45. The van der Waals surface area contributed by atoms with Crippen molar-refractivity contribution in [3.63, 3.8) is 0 Å². The summed E-state index contributed by atoms with van der Waals surface area (Å²) in [5.74, 6) is 0.0278. The first kappa shape index (κ1) is 6.90. The zero-order chi connectivity index (χ0) is 7.84. The van der Waals surface area contributed by atoms with Crippen LogP contribution >= 0.6 is 0 Å². The molecule has 1 aliphatic rings. The quantitative estimate of drug-likeness (QED) is 0.472. The molecule has 56 valence electrons. The molecule has 0 fully saturated rings. The van der Waals surface area contributed by atoms with Gasteiger partial charge in [-0.05, 0) is 30.4 Å². The molecule has 0 aromatic heterocycles. The van der Waals surface area contributed by atoms with Gasteiger partial charge in [-0.25, -0.2) is 4.39 Å². The summed E-state index contributed by atoms with van der Waals surface area (Å²) >= 11 is 0. The molecule has 0 unspecified atom stereocenters. The van der Waals surface area contributed by atoms with Gasteiger partial charge in [-0.2, -0.15) is 0 Å². The summed E-state index contributed by atoms with van der Waals surface area (Å²) < 4.78 is 13.3. The minimum absolute atomic E-state index is 0.0278. The van der Waals surface area contributed by atoms with Crippen molar-refractivity contribution in [3.05, 3.63) is 29.1 Å². The molecule has 0 bridgehead atoms. The van der Waals surface area contributed by atoms with Gasteiger partial charge in [0.25, 0.3) is 0 Å². The first-order valence-electron chi connectivity index (χ1n) is 4.06. The predicted octanol–water partition coefficient (Wildman–Crippen LogP) is 0.573. The van der Waals surface area contributed by atoms with E-state index in [1.165, 1.54) is 5.56 Å². The molecular weight excluding hydrogens is 138 g/mol. The van der Waals surface area contributed by atoms with Gasteiger partial charge in [0, 0.05) is 0 Å². The Balaban J connectivity index is 2.62. The lowest BCUT2D eigenvalue weighted by Gasteiger charge is -2.02. The highest BCUT2D eigenvalue weighted by molar-refractivity contribution is 6.32. The highest BCUT2D eigenvalue weighted by Gasteiger charge is 2.15. The van der Waals surface area contributed by atoms with Gasteiger partial charge in [0.1, 0.15) is 13.7 Å². The average molecular weight is 148 g/mol. The van der Waals surface area contributed by atoms with E-state index in [0.29, 0.717) is 0 Å². The van der Waals surface area contributed by atoms with Crippen LogP contribution in [0.15, 0.2) is 12.1 Å². The molecule has 0 saturated carbocycles. The highest BCUT2D eigenvalue weighted by atomic mass is 19.1. The fourth-order valence-electron chi connectivity index (χ4n) is 1.74. The summed E-state index contributed by atoms with van der Waals surface area (Å²) in [6.07, 6.45) is 3.12. The van der Waals surface area contributed by atoms with Crippen molar-refractivity contribution in [3.8, 4) is 0 Å². The smallest absolute Gasteiger partial charge is 0.143 e. The lowest BCUT2D eigenvalue weighted by molar-refractivity contribution is 0.621. The van der Waals surface area contributed by atoms with Crippen LogP contribution in [0.5, 0.6) is 0 Å². The molecule has 1 aromatic rings. The normalized spacial score (nSPS) is 15.0. The van der Waals surface area contributed by atoms with Gasteiger partial charge in [-0.15, -0.1) is 0 Å². The molecule has 0 aliphatic heterocycles. The summed E-state index contributed by atoms with van der Waals surface area (Å²) in [5, 5.41) is 0. The molecule has 2 heteroatoms. The summed E-state index contributed by atoms with van der Waals surface area (Å²) in [6.45, 7) is 0. The number of halogens is 1. The van der Waals surface area contributed by atoms with E-state index < -0.39 is 0 Å². The molecule has 2 rings (SSSR count). The van der Waals surface area contributed by atoms with Gasteiger partial charge < -0.3 is 0 Å². The molecule has 1 aliphatic carbocycles. The van der Waals surface area contributed by atoms with Crippen LogP contribution in [0.2, 0.25) is 0 Å². The molecule has 0 atom stereocenters. The van der Waals surface area contributed by atoms with Gasteiger partial charge in [-0.1, -0.05) is 17.6 Å². The molecule has 11 heavy (non-hydrogen) atoms. The molecule has 0 spiro atoms. The lowest BCUT2D eigenvalue weighted by atomic mass is 9.92. The van der Waals surface area contributed by atoms with Crippen molar-refractivity contribution in [2.24, 2.45) is 0 Å². The van der Waals surface area contributed by atoms with E-state index in [-0.39, 0.29) is 5.82 Å². The summed E-state index contributed by atoms with van der Waals surface area (Å²) in [4.78, 5) is 0. The Bertz CT molecular complexity index is 294. The Labute approximate surface area is 66.8 Å². The summed E-state index contributed by atoms with van der Waals surface area (Å²) in [7, 11) is 1.83. The van der Waals surface area contributed by atoms with Crippen molar-refractivity contribution in [2.45, 2.75) is 19.3 Å². The third kappa shape index (κ3) is 0.972. The minimum atomic E-state index is 0.0278. The lowest BCUT2D eigenvalue weighted by Crippen LogP contribution is -2.10. The molecule has 0 radical (unpaired) electrons. The second-order valence-electron chi connectivity index (χ2n) is 3.19. The first-order chi connectivity index (χ1) is 5.29. The molecular formula is C9H10BF. The summed E-state index contributed by atoms with van der Waals surface area (Å²) in [5.41, 5.74) is 2.96. The monoisotopic (exact) mass is 148 g/mol. The Hall–Kier alpha value is -0.785. The van der Waals surface area contributed by atoms with Gasteiger partial charge in [0.15, 0.2) is 0 Å². The van der Waals surface area contributed by atoms with Crippen molar-refractivity contribution in [2.75, 3.05) is 0 Å². The molecule has 0 N–H and O–H groups in total. The highest BCUT2D eigenvalue weighted by Crippen LogP contribution is 2.22. The Morgan fingerprint density at radius 3 is 2.91 bits per heavy atom. The van der Waals surface area contributed by atoms with Crippen molar-refractivity contribution < 1.29 is 4.39 Å². The fourth-order valence-corrected chi connectivity index (χ4v) is 1.74. The largest absolute Gasteiger partial charge is 0.207 e. The van der Waals surface area contributed by atoms with Gasteiger partial charge in [0.2, 0.25) is 0 Å². The number of benzene rings is 1.